The van der Waals surface area contributed by atoms with E-state index in [4.69, 9.17) is 5.84 Å². The van der Waals surface area contributed by atoms with Crippen molar-refractivity contribution in [2.75, 3.05) is 14.1 Å². The molecule has 5 nitrogen and oxygen atoms in total. The number of nitrogens with one attached hydrogen (secondary N) is 1. The minimum Gasteiger partial charge on any atom is -0.302 e. The van der Waals surface area contributed by atoms with Crippen LogP contribution in [0.25, 0.3) is 0 Å². The Balaban J connectivity index is 2.14. The molecule has 0 radical (unpaired) electrons. The number of hydrogen-bond acceptors (Lipinski definition) is 4. The fourth-order valence-electron chi connectivity index (χ4n) is 3.42. The molecule has 1 aliphatic carbocycles. The van der Waals surface area contributed by atoms with Gasteiger partial charge in [-0.2, -0.15) is 5.10 Å². The molecule has 2 rings (SSSR count). The van der Waals surface area contributed by atoms with Crippen LogP contribution in [0.4, 0.5) is 0 Å². The highest BCUT2D eigenvalue weighted by Gasteiger charge is 2.42. The lowest BCUT2D eigenvalue weighted by Crippen LogP contribution is -2.60. The second-order valence-corrected chi connectivity index (χ2v) is 5.83. The molecule has 19 heavy (non-hydrogen) atoms. The summed E-state index contributed by atoms with van der Waals surface area (Å²) in [7, 11) is 4.34. The van der Waals surface area contributed by atoms with Gasteiger partial charge in [-0.1, -0.05) is 12.8 Å². The summed E-state index contributed by atoms with van der Waals surface area (Å²) >= 11 is 0. The van der Waals surface area contributed by atoms with Gasteiger partial charge in [-0.25, -0.2) is 0 Å². The Kier molecular flexibility index (Phi) is 4.60. The quantitative estimate of drug-likeness (QED) is 0.598. The number of nitrogens with zero attached hydrogens (tertiary/aromatic N) is 3. The lowest BCUT2D eigenvalue weighted by Gasteiger charge is -2.43. The van der Waals surface area contributed by atoms with Crippen LogP contribution in [-0.4, -0.2) is 40.4 Å². The third-order valence-corrected chi connectivity index (χ3v) is 4.66. The molecule has 5 heteroatoms. The summed E-state index contributed by atoms with van der Waals surface area (Å²) in [6, 6.07) is 0.277. The van der Waals surface area contributed by atoms with E-state index < -0.39 is 0 Å². The fraction of sp³-hybridized carbons (Fsp3) is 0.786. The average Bonchev–Trinajstić information content (AvgIpc) is 3.05. The second kappa shape index (κ2) is 6.03. The molecular weight excluding hydrogens is 238 g/mol. The van der Waals surface area contributed by atoms with Crippen molar-refractivity contribution >= 4 is 0 Å². The van der Waals surface area contributed by atoms with Crippen LogP contribution < -0.4 is 11.3 Å². The van der Waals surface area contributed by atoms with Gasteiger partial charge < -0.3 is 4.90 Å². The van der Waals surface area contributed by atoms with Crippen molar-refractivity contribution in [2.24, 2.45) is 5.84 Å². The zero-order chi connectivity index (χ0) is 13.9. The van der Waals surface area contributed by atoms with Gasteiger partial charge in [0, 0.05) is 24.3 Å². The first-order valence-corrected chi connectivity index (χ1v) is 7.27. The molecule has 0 aromatic carbocycles. The molecule has 0 spiro atoms. The van der Waals surface area contributed by atoms with E-state index in [9.17, 15) is 0 Å². The largest absolute Gasteiger partial charge is 0.302 e. The van der Waals surface area contributed by atoms with Crippen LogP contribution in [-0.2, 0) is 13.0 Å². The minimum absolute atomic E-state index is 0.184. The molecule has 1 saturated carbocycles. The Morgan fingerprint density at radius 1 is 1.47 bits per heavy atom. The van der Waals surface area contributed by atoms with E-state index in [0.717, 1.165) is 13.0 Å². The first kappa shape index (κ1) is 14.5. The monoisotopic (exact) mass is 265 g/mol. The van der Waals surface area contributed by atoms with E-state index in [-0.39, 0.29) is 11.6 Å². The zero-order valence-electron chi connectivity index (χ0n) is 12.4. The topological polar surface area (TPSA) is 59.1 Å². The number of aromatic nitrogens is 2. The molecule has 1 aromatic rings. The highest BCUT2D eigenvalue weighted by Crippen LogP contribution is 2.37. The van der Waals surface area contributed by atoms with Gasteiger partial charge in [0.15, 0.2) is 0 Å². The van der Waals surface area contributed by atoms with Gasteiger partial charge in [0.25, 0.3) is 0 Å². The van der Waals surface area contributed by atoms with Gasteiger partial charge in [-0.3, -0.25) is 16.0 Å². The Morgan fingerprint density at radius 2 is 2.16 bits per heavy atom. The van der Waals surface area contributed by atoms with Crippen molar-refractivity contribution in [3.8, 4) is 0 Å². The summed E-state index contributed by atoms with van der Waals surface area (Å²) < 4.78 is 1.97. The van der Waals surface area contributed by atoms with Gasteiger partial charge in [0.2, 0.25) is 0 Å². The fourth-order valence-corrected chi connectivity index (χ4v) is 3.42. The maximum absolute atomic E-state index is 5.86. The summed E-state index contributed by atoms with van der Waals surface area (Å²) in [5.41, 5.74) is 4.51. The molecule has 1 atom stereocenters. The van der Waals surface area contributed by atoms with Crippen LogP contribution in [0.2, 0.25) is 0 Å². The minimum atomic E-state index is 0.184. The SMILES string of the molecule is CCn1cc(CC(NN)C2(N(C)C)CCCC2)cn1. The molecule has 0 amide bonds. The van der Waals surface area contributed by atoms with Crippen LogP contribution in [0.5, 0.6) is 0 Å². The van der Waals surface area contributed by atoms with Crippen LogP contribution in [0, 0.1) is 0 Å². The smallest absolute Gasteiger partial charge is 0.0522 e. The number of nitrogens with two attached hydrogens (primary N) is 1. The molecule has 0 bridgehead atoms. The van der Waals surface area contributed by atoms with E-state index in [0.29, 0.717) is 0 Å². The van der Waals surface area contributed by atoms with Gasteiger partial charge in [-0.15, -0.1) is 0 Å². The Hall–Kier alpha value is -0.910. The van der Waals surface area contributed by atoms with Crippen molar-refractivity contribution < 1.29 is 0 Å². The van der Waals surface area contributed by atoms with Gasteiger partial charge in [0.1, 0.15) is 0 Å². The lowest BCUT2D eigenvalue weighted by molar-refractivity contribution is 0.104. The van der Waals surface area contributed by atoms with Gasteiger partial charge >= 0.3 is 0 Å². The maximum Gasteiger partial charge on any atom is 0.0522 e. The van der Waals surface area contributed by atoms with Crippen molar-refractivity contribution in [1.29, 1.82) is 0 Å². The van der Waals surface area contributed by atoms with Gasteiger partial charge in [-0.05, 0) is 45.8 Å². The van der Waals surface area contributed by atoms with Crippen LogP contribution in [0.15, 0.2) is 12.4 Å². The molecule has 108 valence electrons. The summed E-state index contributed by atoms with van der Waals surface area (Å²) in [5.74, 6) is 5.86. The highest BCUT2D eigenvalue weighted by atomic mass is 15.3. The summed E-state index contributed by atoms with van der Waals surface area (Å²) in [5, 5.41) is 4.35. The molecule has 0 aliphatic heterocycles. The second-order valence-electron chi connectivity index (χ2n) is 5.83. The molecular formula is C14H27N5. The van der Waals surface area contributed by atoms with Crippen molar-refractivity contribution in [3.05, 3.63) is 18.0 Å². The predicted molar refractivity (Wildman–Crippen MR) is 77.6 cm³/mol. The van der Waals surface area contributed by atoms with Crippen LogP contribution in [0.3, 0.4) is 0 Å². The molecule has 1 heterocycles. The summed E-state index contributed by atoms with van der Waals surface area (Å²) in [4.78, 5) is 2.36. The highest BCUT2D eigenvalue weighted by molar-refractivity contribution is 5.12. The first-order chi connectivity index (χ1) is 9.12. The normalized spacial score (nSPS) is 20.1. The van der Waals surface area contributed by atoms with Crippen molar-refractivity contribution in [2.45, 2.75) is 57.2 Å². The molecule has 1 unspecified atom stereocenters. The Bertz CT molecular complexity index is 392. The molecule has 0 saturated heterocycles. The van der Waals surface area contributed by atoms with E-state index in [1.807, 2.05) is 10.9 Å². The number of hydrogen-bond donors (Lipinski definition) is 2. The van der Waals surface area contributed by atoms with E-state index in [1.165, 1.54) is 31.2 Å². The Morgan fingerprint density at radius 3 is 2.63 bits per heavy atom. The van der Waals surface area contributed by atoms with Crippen molar-refractivity contribution in [1.82, 2.24) is 20.1 Å². The summed E-state index contributed by atoms with van der Waals surface area (Å²) in [6.45, 7) is 3.02. The third kappa shape index (κ3) is 2.83. The predicted octanol–water partition coefficient (Wildman–Crippen LogP) is 1.15. The first-order valence-electron chi connectivity index (χ1n) is 7.27. The van der Waals surface area contributed by atoms with E-state index in [2.05, 4.69) is 42.6 Å². The number of likely N-dealkylation sites (N-methyl/N-ethyl adjacent to an activating group) is 1. The molecule has 1 aromatic heterocycles. The van der Waals surface area contributed by atoms with Crippen LogP contribution >= 0.6 is 0 Å². The van der Waals surface area contributed by atoms with E-state index >= 15 is 0 Å². The lowest BCUT2D eigenvalue weighted by atomic mass is 9.84. The molecule has 1 aliphatic rings. The third-order valence-electron chi connectivity index (χ3n) is 4.66. The van der Waals surface area contributed by atoms with Crippen LogP contribution in [0.1, 0.15) is 38.2 Å². The average molecular weight is 265 g/mol. The summed E-state index contributed by atoms with van der Waals surface area (Å²) in [6.07, 6.45) is 10.1. The van der Waals surface area contributed by atoms with E-state index in [1.54, 1.807) is 0 Å². The van der Waals surface area contributed by atoms with Gasteiger partial charge in [0.05, 0.1) is 6.20 Å². The molecule has 3 N–H and O–H groups in total. The zero-order valence-corrected chi connectivity index (χ0v) is 12.4. The Labute approximate surface area is 116 Å². The maximum atomic E-state index is 5.86. The number of hydrazine groups is 1. The standard InChI is InChI=1S/C14H27N5/c1-4-19-11-12(10-16-19)9-13(17-15)14(18(2)3)7-5-6-8-14/h10-11,13,17H,4-9,15H2,1-3H3. The van der Waals surface area contributed by atoms with Crippen molar-refractivity contribution in [3.63, 3.8) is 0 Å². The number of rotatable bonds is 6. The molecule has 1 fully saturated rings. The number of aryl methyl sites for hydroxylation is 1.